The molecule has 0 fully saturated rings. The zero-order valence-electron chi connectivity index (χ0n) is 8.84. The summed E-state index contributed by atoms with van der Waals surface area (Å²) in [7, 11) is 2.95. The van der Waals surface area contributed by atoms with Gasteiger partial charge in [0.15, 0.2) is 11.5 Å². The Balaban J connectivity index is 2.95. The van der Waals surface area contributed by atoms with E-state index in [2.05, 4.69) is 4.79 Å². The Morgan fingerprint density at radius 3 is 2.62 bits per heavy atom. The first-order chi connectivity index (χ1) is 7.71. The highest BCUT2D eigenvalue weighted by molar-refractivity contribution is 6.21. The van der Waals surface area contributed by atoms with Crippen LogP contribution in [0, 0.1) is 0 Å². The van der Waals surface area contributed by atoms with Crippen molar-refractivity contribution in [2.24, 2.45) is 0 Å². The molecule has 0 saturated carbocycles. The van der Waals surface area contributed by atoms with E-state index in [1.54, 1.807) is 12.1 Å². The van der Waals surface area contributed by atoms with Crippen LogP contribution in [0.3, 0.4) is 0 Å². The molecular formula is C10H10N2O4. The molecule has 0 spiro atoms. The molecule has 84 valence electrons. The first-order valence-corrected chi connectivity index (χ1v) is 4.32. The van der Waals surface area contributed by atoms with Gasteiger partial charge < -0.3 is 19.7 Å². The third-order valence-corrected chi connectivity index (χ3v) is 1.74. The van der Waals surface area contributed by atoms with Crippen LogP contribution < -0.4 is 14.2 Å². The van der Waals surface area contributed by atoms with Crippen molar-refractivity contribution >= 4 is 12.2 Å². The third-order valence-electron chi connectivity index (χ3n) is 1.74. The lowest BCUT2D eigenvalue weighted by Gasteiger charge is -2.08. The molecule has 16 heavy (non-hydrogen) atoms. The number of carbonyl (C=O) groups is 1. The van der Waals surface area contributed by atoms with Gasteiger partial charge in [0.2, 0.25) is 0 Å². The number of benzene rings is 1. The molecule has 0 saturated heterocycles. The lowest BCUT2D eigenvalue weighted by Crippen LogP contribution is -2.10. The SMILES string of the molecule is COc1ccc(OC(=O)C=[N+]=[N-])c(OC)c1. The number of hydrogen-bond donors (Lipinski definition) is 0. The highest BCUT2D eigenvalue weighted by Crippen LogP contribution is 2.30. The van der Waals surface area contributed by atoms with Crippen molar-refractivity contribution in [3.8, 4) is 17.2 Å². The molecule has 6 heteroatoms. The fourth-order valence-electron chi connectivity index (χ4n) is 1.04. The number of methoxy groups -OCH3 is 2. The number of carbonyl (C=O) groups excluding carboxylic acids is 1. The van der Waals surface area contributed by atoms with E-state index in [0.717, 1.165) is 0 Å². The minimum atomic E-state index is -0.800. The van der Waals surface area contributed by atoms with Crippen LogP contribution in [-0.4, -0.2) is 31.2 Å². The van der Waals surface area contributed by atoms with Gasteiger partial charge in [-0.05, 0) is 12.1 Å². The molecule has 0 aromatic heterocycles. The molecule has 0 aliphatic carbocycles. The molecule has 1 aromatic rings. The first-order valence-electron chi connectivity index (χ1n) is 4.32. The van der Waals surface area contributed by atoms with E-state index in [4.69, 9.17) is 19.7 Å². The first kappa shape index (κ1) is 11.7. The average Bonchev–Trinajstić information content (AvgIpc) is 2.30. The topological polar surface area (TPSA) is 81.2 Å². The van der Waals surface area contributed by atoms with Crippen molar-refractivity contribution in [2.45, 2.75) is 0 Å². The van der Waals surface area contributed by atoms with Gasteiger partial charge in [0.05, 0.1) is 14.2 Å². The maximum Gasteiger partial charge on any atom is 0.419 e. The lowest BCUT2D eigenvalue weighted by atomic mass is 10.3. The Bertz CT molecular complexity index is 438. The highest BCUT2D eigenvalue weighted by Gasteiger charge is 2.11. The monoisotopic (exact) mass is 222 g/mol. The number of hydrogen-bond acceptors (Lipinski definition) is 4. The summed E-state index contributed by atoms with van der Waals surface area (Å²) < 4.78 is 14.8. The zero-order chi connectivity index (χ0) is 12.0. The second-order valence-electron chi connectivity index (χ2n) is 2.68. The lowest BCUT2D eigenvalue weighted by molar-refractivity contribution is -0.130. The van der Waals surface area contributed by atoms with E-state index in [9.17, 15) is 4.79 Å². The van der Waals surface area contributed by atoms with E-state index in [1.807, 2.05) is 0 Å². The molecule has 1 rings (SSSR count). The van der Waals surface area contributed by atoms with E-state index in [-0.39, 0.29) is 5.75 Å². The Labute approximate surface area is 92.0 Å². The average molecular weight is 222 g/mol. The number of ether oxygens (including phenoxy) is 3. The van der Waals surface area contributed by atoms with Crippen molar-refractivity contribution in [3.63, 3.8) is 0 Å². The second-order valence-corrected chi connectivity index (χ2v) is 2.68. The summed E-state index contributed by atoms with van der Waals surface area (Å²) in [6.07, 6.45) is 0.643. The summed E-state index contributed by atoms with van der Waals surface area (Å²) in [6.45, 7) is 0. The van der Waals surface area contributed by atoms with Crippen LogP contribution in [0.4, 0.5) is 0 Å². The van der Waals surface area contributed by atoms with Crippen LogP contribution in [0.5, 0.6) is 17.2 Å². The Kier molecular flexibility index (Phi) is 4.06. The summed E-state index contributed by atoms with van der Waals surface area (Å²) in [5, 5.41) is 0. The fraction of sp³-hybridized carbons (Fsp3) is 0.200. The van der Waals surface area contributed by atoms with Crippen molar-refractivity contribution in [1.82, 2.24) is 0 Å². The minimum Gasteiger partial charge on any atom is -0.497 e. The van der Waals surface area contributed by atoms with E-state index in [1.165, 1.54) is 20.3 Å². The number of rotatable bonds is 4. The van der Waals surface area contributed by atoms with E-state index in [0.29, 0.717) is 17.7 Å². The van der Waals surface area contributed by atoms with Gasteiger partial charge in [0.25, 0.3) is 0 Å². The van der Waals surface area contributed by atoms with Gasteiger partial charge in [-0.25, -0.2) is 4.79 Å². The van der Waals surface area contributed by atoms with Crippen LogP contribution >= 0.6 is 0 Å². The summed E-state index contributed by atoms with van der Waals surface area (Å²) in [5.41, 5.74) is 8.14. The third kappa shape index (κ3) is 2.83. The molecule has 0 bridgehead atoms. The van der Waals surface area contributed by atoms with Crippen LogP contribution in [0.15, 0.2) is 18.2 Å². The van der Waals surface area contributed by atoms with Gasteiger partial charge in [-0.2, -0.15) is 4.79 Å². The van der Waals surface area contributed by atoms with Gasteiger partial charge in [0.1, 0.15) is 5.75 Å². The fourth-order valence-corrected chi connectivity index (χ4v) is 1.04. The quantitative estimate of drug-likeness (QED) is 0.249. The van der Waals surface area contributed by atoms with Gasteiger partial charge in [-0.3, -0.25) is 0 Å². The predicted octanol–water partition coefficient (Wildman–Crippen LogP) is 0.910. The van der Waals surface area contributed by atoms with Crippen LogP contribution in [0.25, 0.3) is 5.53 Å². The van der Waals surface area contributed by atoms with Crippen molar-refractivity contribution in [1.29, 1.82) is 0 Å². The standard InChI is InChI=1S/C10H10N2O4/c1-14-7-3-4-8(9(5-7)15-2)16-10(13)6-12-11/h3-6H,1-2H3. The van der Waals surface area contributed by atoms with E-state index >= 15 is 0 Å². The number of esters is 1. The summed E-state index contributed by atoms with van der Waals surface area (Å²) in [5.74, 6) is 0.339. The number of nitrogens with zero attached hydrogens (tertiary/aromatic N) is 2. The summed E-state index contributed by atoms with van der Waals surface area (Å²) in [6, 6.07) is 4.70. The molecule has 0 heterocycles. The van der Waals surface area contributed by atoms with Gasteiger partial charge in [0, 0.05) is 6.07 Å². The molecule has 0 atom stereocenters. The Morgan fingerprint density at radius 2 is 2.06 bits per heavy atom. The molecule has 0 radical (unpaired) electrons. The molecule has 0 aliphatic rings. The minimum absolute atomic E-state index is 0.216. The van der Waals surface area contributed by atoms with Gasteiger partial charge in [-0.15, -0.1) is 0 Å². The maximum absolute atomic E-state index is 11.0. The van der Waals surface area contributed by atoms with Crippen LogP contribution in [-0.2, 0) is 4.79 Å². The van der Waals surface area contributed by atoms with Crippen LogP contribution in [0.1, 0.15) is 0 Å². The van der Waals surface area contributed by atoms with Crippen molar-refractivity contribution in [3.05, 3.63) is 23.7 Å². The Morgan fingerprint density at radius 1 is 1.31 bits per heavy atom. The largest absolute Gasteiger partial charge is 0.497 e. The second kappa shape index (κ2) is 5.53. The summed E-state index contributed by atoms with van der Waals surface area (Å²) in [4.78, 5) is 13.6. The van der Waals surface area contributed by atoms with Crippen LogP contribution in [0.2, 0.25) is 0 Å². The Hall–Kier alpha value is -2.33. The maximum atomic E-state index is 11.0. The van der Waals surface area contributed by atoms with Crippen molar-refractivity contribution < 1.29 is 23.8 Å². The highest BCUT2D eigenvalue weighted by atomic mass is 16.6. The van der Waals surface area contributed by atoms with Crippen molar-refractivity contribution in [2.75, 3.05) is 14.2 Å². The molecule has 1 aromatic carbocycles. The smallest absolute Gasteiger partial charge is 0.419 e. The molecule has 6 nitrogen and oxygen atoms in total. The predicted molar refractivity (Wildman–Crippen MR) is 54.9 cm³/mol. The normalized spacial score (nSPS) is 8.88. The molecule has 0 aliphatic heterocycles. The summed E-state index contributed by atoms with van der Waals surface area (Å²) >= 11 is 0. The van der Waals surface area contributed by atoms with Gasteiger partial charge >= 0.3 is 12.2 Å². The molecule has 0 N–H and O–H groups in total. The molecule has 0 unspecified atom stereocenters. The molecular weight excluding hydrogens is 212 g/mol. The van der Waals surface area contributed by atoms with E-state index < -0.39 is 5.97 Å². The van der Waals surface area contributed by atoms with Gasteiger partial charge in [-0.1, -0.05) is 0 Å². The zero-order valence-corrected chi connectivity index (χ0v) is 8.84. The molecule has 0 amide bonds.